The van der Waals surface area contributed by atoms with E-state index < -0.39 is 0 Å². The van der Waals surface area contributed by atoms with Crippen molar-refractivity contribution >= 4 is 6.21 Å². The number of hydrogen-bond acceptors (Lipinski definition) is 2. The van der Waals surface area contributed by atoms with E-state index in [9.17, 15) is 0 Å². The lowest BCUT2D eigenvalue weighted by atomic mass is 10.5. The fraction of sp³-hybridized carbons (Fsp3) is 0.286. The van der Waals surface area contributed by atoms with Crippen molar-refractivity contribution in [3.05, 3.63) is 24.5 Å². The van der Waals surface area contributed by atoms with Crippen molar-refractivity contribution in [1.29, 1.82) is 0 Å². The largest absolute Gasteiger partial charge is 0.396 e. The summed E-state index contributed by atoms with van der Waals surface area (Å²) in [6.07, 6.45) is 6.50. The van der Waals surface area contributed by atoms with Crippen LogP contribution in [0.3, 0.4) is 0 Å². The fourth-order valence-corrected chi connectivity index (χ4v) is 0.541. The summed E-state index contributed by atoms with van der Waals surface area (Å²) >= 11 is 0. The van der Waals surface area contributed by atoms with Gasteiger partial charge >= 0.3 is 0 Å². The third kappa shape index (κ3) is 2.91. The third-order valence-electron chi connectivity index (χ3n) is 0.983. The summed E-state index contributed by atoms with van der Waals surface area (Å²) in [6, 6.07) is 3.89. The molecule has 2 heterocycles. The topological polar surface area (TPSA) is 37.4 Å². The molecule has 0 aromatic carbocycles. The lowest BCUT2D eigenvalue weighted by Gasteiger charge is -1.76. The number of nitrogens with one attached hydrogen (secondary N) is 1. The summed E-state index contributed by atoms with van der Waals surface area (Å²) in [5, 5.41) is 3.46. The molecule has 0 spiro atoms. The third-order valence-corrected chi connectivity index (χ3v) is 0.983. The first-order chi connectivity index (χ1) is 5.00. The van der Waals surface area contributed by atoms with E-state index in [0.29, 0.717) is 0 Å². The van der Waals surface area contributed by atoms with Gasteiger partial charge in [0.2, 0.25) is 0 Å². The van der Waals surface area contributed by atoms with Gasteiger partial charge in [-0.15, -0.1) is 0 Å². The van der Waals surface area contributed by atoms with Crippen LogP contribution in [0.5, 0.6) is 0 Å². The SMILES string of the molecule is C1=NOCC1.c1cc[nH]c1. The number of aromatic amines is 1. The first kappa shape index (κ1) is 6.86. The van der Waals surface area contributed by atoms with Crippen LogP contribution in [0.15, 0.2) is 29.7 Å². The molecule has 3 heteroatoms. The Morgan fingerprint density at radius 1 is 1.30 bits per heavy atom. The van der Waals surface area contributed by atoms with Gasteiger partial charge in [0.1, 0.15) is 6.61 Å². The van der Waals surface area contributed by atoms with Crippen LogP contribution in [0, 0.1) is 0 Å². The molecule has 1 aromatic heterocycles. The average Bonchev–Trinajstić information content (AvgIpc) is 2.67. The van der Waals surface area contributed by atoms with Gasteiger partial charge in [-0.25, -0.2) is 0 Å². The minimum absolute atomic E-state index is 0.778. The highest BCUT2D eigenvalue weighted by molar-refractivity contribution is 5.57. The first-order valence-corrected chi connectivity index (χ1v) is 3.22. The molecule has 0 fully saturated rings. The van der Waals surface area contributed by atoms with Crippen LogP contribution in [-0.4, -0.2) is 17.8 Å². The Morgan fingerprint density at radius 3 is 2.30 bits per heavy atom. The van der Waals surface area contributed by atoms with Gasteiger partial charge in [-0.3, -0.25) is 0 Å². The number of aromatic nitrogens is 1. The molecular weight excluding hydrogens is 128 g/mol. The second-order valence-corrected chi connectivity index (χ2v) is 1.79. The molecule has 0 aliphatic carbocycles. The molecule has 0 bridgehead atoms. The van der Waals surface area contributed by atoms with Crippen molar-refractivity contribution in [2.45, 2.75) is 6.42 Å². The summed E-state index contributed by atoms with van der Waals surface area (Å²) in [5.74, 6) is 0. The molecule has 0 atom stereocenters. The molecule has 0 unspecified atom stereocenters. The zero-order valence-electron chi connectivity index (χ0n) is 5.66. The van der Waals surface area contributed by atoms with Gasteiger partial charge in [-0.1, -0.05) is 5.16 Å². The van der Waals surface area contributed by atoms with Gasteiger partial charge in [0.25, 0.3) is 0 Å². The second kappa shape index (κ2) is 4.61. The van der Waals surface area contributed by atoms with Crippen LogP contribution in [0.1, 0.15) is 6.42 Å². The van der Waals surface area contributed by atoms with E-state index in [1.54, 1.807) is 6.21 Å². The van der Waals surface area contributed by atoms with Gasteiger partial charge in [-0.2, -0.15) is 0 Å². The Hall–Kier alpha value is -1.25. The Morgan fingerprint density at radius 2 is 2.10 bits per heavy atom. The van der Waals surface area contributed by atoms with Gasteiger partial charge in [0.15, 0.2) is 0 Å². The molecule has 0 saturated carbocycles. The van der Waals surface area contributed by atoms with Gasteiger partial charge in [-0.05, 0) is 12.1 Å². The van der Waals surface area contributed by atoms with E-state index >= 15 is 0 Å². The van der Waals surface area contributed by atoms with E-state index in [4.69, 9.17) is 0 Å². The standard InChI is InChI=1S/C4H5N.C3H5NO/c2*1-2-4-5-3-1/h1-5H;2H,1,3H2. The van der Waals surface area contributed by atoms with Gasteiger partial charge in [0, 0.05) is 25.0 Å². The van der Waals surface area contributed by atoms with Crippen molar-refractivity contribution < 1.29 is 4.84 Å². The maximum Gasteiger partial charge on any atom is 0.122 e. The van der Waals surface area contributed by atoms with Crippen molar-refractivity contribution in [1.82, 2.24) is 4.98 Å². The van der Waals surface area contributed by atoms with Gasteiger partial charge < -0.3 is 9.82 Å². The molecule has 54 valence electrons. The second-order valence-electron chi connectivity index (χ2n) is 1.79. The Balaban J connectivity index is 0.0000001000. The molecular formula is C7H10N2O. The van der Waals surface area contributed by atoms with E-state index in [1.165, 1.54) is 0 Å². The van der Waals surface area contributed by atoms with Gasteiger partial charge in [0.05, 0.1) is 0 Å². The predicted molar refractivity (Wildman–Crippen MR) is 39.9 cm³/mol. The Kier molecular flexibility index (Phi) is 3.17. The summed E-state index contributed by atoms with van der Waals surface area (Å²) in [7, 11) is 0. The monoisotopic (exact) mass is 138 g/mol. The number of rotatable bonds is 0. The lowest BCUT2D eigenvalue weighted by molar-refractivity contribution is 0.174. The van der Waals surface area contributed by atoms with Crippen molar-refractivity contribution in [2.24, 2.45) is 5.16 Å². The van der Waals surface area contributed by atoms with Crippen molar-refractivity contribution in [3.8, 4) is 0 Å². The Labute approximate surface area is 59.7 Å². The number of H-pyrrole nitrogens is 1. The smallest absolute Gasteiger partial charge is 0.122 e. The van der Waals surface area contributed by atoms with Crippen LogP contribution in [-0.2, 0) is 4.84 Å². The summed E-state index contributed by atoms with van der Waals surface area (Å²) in [6.45, 7) is 0.778. The fourth-order valence-electron chi connectivity index (χ4n) is 0.541. The highest BCUT2D eigenvalue weighted by Crippen LogP contribution is 1.86. The molecule has 1 aliphatic heterocycles. The summed E-state index contributed by atoms with van der Waals surface area (Å²) in [4.78, 5) is 7.38. The van der Waals surface area contributed by atoms with E-state index in [-0.39, 0.29) is 0 Å². The van der Waals surface area contributed by atoms with Crippen LogP contribution in [0.4, 0.5) is 0 Å². The predicted octanol–water partition coefficient (Wildman–Crippen LogP) is 1.41. The molecule has 3 nitrogen and oxygen atoms in total. The van der Waals surface area contributed by atoms with E-state index in [0.717, 1.165) is 13.0 Å². The molecule has 0 saturated heterocycles. The molecule has 1 aliphatic rings. The average molecular weight is 138 g/mol. The zero-order chi connectivity index (χ0) is 7.07. The van der Waals surface area contributed by atoms with Crippen LogP contribution in [0.25, 0.3) is 0 Å². The molecule has 1 N–H and O–H groups in total. The lowest BCUT2D eigenvalue weighted by Crippen LogP contribution is -1.72. The first-order valence-electron chi connectivity index (χ1n) is 3.22. The minimum atomic E-state index is 0.778. The van der Waals surface area contributed by atoms with Crippen molar-refractivity contribution in [2.75, 3.05) is 6.61 Å². The molecule has 10 heavy (non-hydrogen) atoms. The summed E-state index contributed by atoms with van der Waals surface area (Å²) < 4.78 is 0. The number of nitrogens with zero attached hydrogens (tertiary/aromatic N) is 1. The highest BCUT2D eigenvalue weighted by atomic mass is 16.6. The normalized spacial score (nSPS) is 13.6. The minimum Gasteiger partial charge on any atom is -0.396 e. The van der Waals surface area contributed by atoms with E-state index in [1.807, 2.05) is 24.5 Å². The zero-order valence-corrected chi connectivity index (χ0v) is 5.66. The maximum atomic E-state index is 4.51. The molecule has 2 rings (SSSR count). The Bertz CT molecular complexity index is 147. The molecule has 1 aromatic rings. The molecule has 0 radical (unpaired) electrons. The van der Waals surface area contributed by atoms with Crippen LogP contribution in [0.2, 0.25) is 0 Å². The maximum absolute atomic E-state index is 4.51. The number of hydrogen-bond donors (Lipinski definition) is 1. The quantitative estimate of drug-likeness (QED) is 0.578. The number of oxime groups is 1. The summed E-state index contributed by atoms with van der Waals surface area (Å²) in [5.41, 5.74) is 0. The molecule has 0 amide bonds. The van der Waals surface area contributed by atoms with Crippen LogP contribution < -0.4 is 0 Å². The van der Waals surface area contributed by atoms with E-state index in [2.05, 4.69) is 15.0 Å². The van der Waals surface area contributed by atoms with Crippen LogP contribution >= 0.6 is 0 Å². The van der Waals surface area contributed by atoms with Crippen molar-refractivity contribution in [3.63, 3.8) is 0 Å². The highest BCUT2D eigenvalue weighted by Gasteiger charge is 1.86.